The number of fused-ring (bicyclic) bond motifs is 1. The van der Waals surface area contributed by atoms with Crippen LogP contribution in [0, 0.1) is 17.1 Å². The number of aromatic amines is 1. The van der Waals surface area contributed by atoms with Gasteiger partial charge in [0.2, 0.25) is 0 Å². The number of rotatable bonds is 7. The normalized spacial score (nSPS) is 15.5. The number of nitriles is 1. The number of hydrogen-bond acceptors (Lipinski definition) is 6. The molecule has 1 aromatic heterocycles. The third-order valence-electron chi connectivity index (χ3n) is 8.39. The average molecular weight is 621 g/mol. The van der Waals surface area contributed by atoms with E-state index in [4.69, 9.17) is 11.6 Å². The van der Waals surface area contributed by atoms with Crippen LogP contribution in [0.25, 0.3) is 28.1 Å². The molecule has 0 radical (unpaired) electrons. The average Bonchev–Trinajstić information content (AvgIpc) is 3.44. The molecule has 1 aliphatic carbocycles. The van der Waals surface area contributed by atoms with Crippen LogP contribution in [-0.4, -0.2) is 78.5 Å². The van der Waals surface area contributed by atoms with Gasteiger partial charge in [-0.25, -0.2) is 4.39 Å². The van der Waals surface area contributed by atoms with E-state index in [-0.39, 0.29) is 5.75 Å². The number of phenols is 1. The molecule has 0 amide bonds. The van der Waals surface area contributed by atoms with Crippen LogP contribution >= 0.6 is 11.6 Å². The fourth-order valence-electron chi connectivity index (χ4n) is 5.93. The minimum Gasteiger partial charge on any atom is -0.508 e. The number of anilines is 1. The lowest BCUT2D eigenvalue weighted by molar-refractivity contribution is 0.229. The molecular formula is C36H34ClFN6O. The lowest BCUT2D eigenvalue weighted by Gasteiger charge is -2.36. The zero-order valence-corrected chi connectivity index (χ0v) is 26.1. The van der Waals surface area contributed by atoms with Crippen LogP contribution in [0.1, 0.15) is 17.5 Å². The van der Waals surface area contributed by atoms with E-state index >= 15 is 4.39 Å². The largest absolute Gasteiger partial charge is 0.508 e. The highest BCUT2D eigenvalue weighted by atomic mass is 35.5. The third-order valence-corrected chi connectivity index (χ3v) is 8.64. The molecule has 3 aromatic carbocycles. The van der Waals surface area contributed by atoms with Gasteiger partial charge >= 0.3 is 0 Å². The Bertz CT molecular complexity index is 1940. The Hall–Kier alpha value is -4.64. The van der Waals surface area contributed by atoms with Crippen LogP contribution in [0.4, 0.5) is 10.1 Å². The molecule has 4 aromatic rings. The van der Waals surface area contributed by atoms with Crippen LogP contribution in [0.15, 0.2) is 78.4 Å². The zero-order chi connectivity index (χ0) is 31.5. The summed E-state index contributed by atoms with van der Waals surface area (Å²) in [5.74, 6) is -0.300. The predicted molar refractivity (Wildman–Crippen MR) is 178 cm³/mol. The minimum atomic E-state index is -0.422. The van der Waals surface area contributed by atoms with Crippen LogP contribution in [0.2, 0.25) is 5.02 Å². The number of halogens is 2. The van der Waals surface area contributed by atoms with Crippen molar-refractivity contribution >= 4 is 34.2 Å². The number of phenolic OH excluding ortho intramolecular Hbond substituents is 1. The first-order valence-corrected chi connectivity index (χ1v) is 15.3. The molecular weight excluding hydrogens is 587 g/mol. The van der Waals surface area contributed by atoms with Crippen molar-refractivity contribution in [2.45, 2.75) is 6.42 Å². The first-order chi connectivity index (χ1) is 21.8. The van der Waals surface area contributed by atoms with Crippen LogP contribution in [0.5, 0.6) is 5.75 Å². The van der Waals surface area contributed by atoms with Crippen molar-refractivity contribution in [3.05, 3.63) is 111 Å². The molecule has 1 aliphatic heterocycles. The number of allylic oxidation sites excluding steroid dienone is 3. The van der Waals surface area contributed by atoms with Crippen molar-refractivity contribution in [2.24, 2.45) is 0 Å². The van der Waals surface area contributed by atoms with Gasteiger partial charge in [0.15, 0.2) is 0 Å². The zero-order valence-electron chi connectivity index (χ0n) is 25.3. The molecule has 45 heavy (non-hydrogen) atoms. The van der Waals surface area contributed by atoms with Gasteiger partial charge in [-0.3, -0.25) is 10.00 Å². The summed E-state index contributed by atoms with van der Waals surface area (Å²) >= 11 is 6.19. The minimum absolute atomic E-state index is 0.123. The number of H-pyrrole nitrogens is 1. The summed E-state index contributed by atoms with van der Waals surface area (Å²) < 4.78 is 16.5. The van der Waals surface area contributed by atoms with Crippen molar-refractivity contribution in [1.29, 1.82) is 5.26 Å². The monoisotopic (exact) mass is 620 g/mol. The predicted octanol–water partition coefficient (Wildman–Crippen LogP) is 4.77. The molecule has 2 heterocycles. The van der Waals surface area contributed by atoms with Gasteiger partial charge in [-0.15, -0.1) is 0 Å². The summed E-state index contributed by atoms with van der Waals surface area (Å²) in [6.07, 6.45) is 2.22. The van der Waals surface area contributed by atoms with Crippen molar-refractivity contribution in [1.82, 2.24) is 20.0 Å². The number of benzene rings is 3. The number of piperazine rings is 1. The first kappa shape index (κ1) is 30.4. The molecule has 0 unspecified atom stereocenters. The molecule has 0 saturated carbocycles. The van der Waals surface area contributed by atoms with E-state index in [0.29, 0.717) is 50.0 Å². The van der Waals surface area contributed by atoms with Crippen molar-refractivity contribution in [3.8, 4) is 23.1 Å². The number of likely N-dealkylation sites (N-methyl/N-ethyl adjacent to an activating group) is 1. The van der Waals surface area contributed by atoms with Crippen LogP contribution in [-0.2, 0) is 0 Å². The Labute approximate surface area is 267 Å². The summed E-state index contributed by atoms with van der Waals surface area (Å²) in [6, 6.07) is 21.7. The number of hydrogen-bond donors (Lipinski definition) is 2. The van der Waals surface area contributed by atoms with Gasteiger partial charge in [0, 0.05) is 71.9 Å². The van der Waals surface area contributed by atoms with Gasteiger partial charge in [0.05, 0.1) is 5.57 Å². The van der Waals surface area contributed by atoms with E-state index in [1.165, 1.54) is 0 Å². The number of aromatic nitrogens is 2. The maximum absolute atomic E-state index is 16.5. The second-order valence-electron chi connectivity index (χ2n) is 11.6. The lowest BCUT2D eigenvalue weighted by Crippen LogP contribution is -2.48. The Morgan fingerprint density at radius 1 is 1.02 bits per heavy atom. The van der Waals surface area contributed by atoms with E-state index in [1.807, 2.05) is 24.3 Å². The van der Waals surface area contributed by atoms with E-state index in [9.17, 15) is 10.4 Å². The van der Waals surface area contributed by atoms with E-state index in [0.717, 1.165) is 56.1 Å². The molecule has 1 fully saturated rings. The second-order valence-corrected chi connectivity index (χ2v) is 12.0. The van der Waals surface area contributed by atoms with E-state index in [1.54, 1.807) is 48.5 Å². The third kappa shape index (κ3) is 6.44. The molecule has 2 N–H and O–H groups in total. The second kappa shape index (κ2) is 13.2. The van der Waals surface area contributed by atoms with Crippen LogP contribution < -0.4 is 15.5 Å². The Morgan fingerprint density at radius 3 is 2.40 bits per heavy atom. The molecule has 0 spiro atoms. The SMILES string of the molecule is CN(C)CCN1CCN(c2ccc(C3=c4c(-c5ccc(Cl)cc5)n[nH]c4=C=CCC(c4ccc(O)cc4)=C3C#N)c(F)c2)CC1. The Morgan fingerprint density at radius 2 is 1.73 bits per heavy atom. The topological polar surface area (TPSA) is 82.4 Å². The van der Waals surface area contributed by atoms with Crippen molar-refractivity contribution in [2.75, 3.05) is 58.3 Å². The maximum Gasteiger partial charge on any atom is 0.133 e. The molecule has 0 atom stereocenters. The van der Waals surface area contributed by atoms with Crippen molar-refractivity contribution < 1.29 is 9.50 Å². The highest BCUT2D eigenvalue weighted by Gasteiger charge is 2.24. The highest BCUT2D eigenvalue weighted by molar-refractivity contribution is 6.30. The number of nitrogens with one attached hydrogen (secondary N) is 1. The summed E-state index contributed by atoms with van der Waals surface area (Å²) in [6.45, 7) is 5.46. The first-order valence-electron chi connectivity index (χ1n) is 15.0. The summed E-state index contributed by atoms with van der Waals surface area (Å²) in [4.78, 5) is 6.83. The molecule has 2 aliphatic rings. The highest BCUT2D eigenvalue weighted by Crippen LogP contribution is 2.35. The number of aromatic hydroxyl groups is 1. The van der Waals surface area contributed by atoms with Gasteiger partial charge in [0.1, 0.15) is 28.7 Å². The molecule has 1 saturated heterocycles. The van der Waals surface area contributed by atoms with E-state index < -0.39 is 5.82 Å². The van der Waals surface area contributed by atoms with Gasteiger partial charge in [0.25, 0.3) is 0 Å². The van der Waals surface area contributed by atoms with Gasteiger partial charge in [-0.1, -0.05) is 41.6 Å². The lowest BCUT2D eigenvalue weighted by atomic mass is 9.86. The molecule has 0 bridgehead atoms. The van der Waals surface area contributed by atoms with Crippen molar-refractivity contribution in [3.63, 3.8) is 0 Å². The van der Waals surface area contributed by atoms with E-state index in [2.05, 4.69) is 50.8 Å². The van der Waals surface area contributed by atoms with Gasteiger partial charge in [-0.2, -0.15) is 10.4 Å². The molecule has 6 rings (SSSR count). The fraction of sp³-hybridized carbons (Fsp3) is 0.250. The summed E-state index contributed by atoms with van der Waals surface area (Å²) in [5, 5.41) is 30.1. The molecule has 9 heteroatoms. The van der Waals surface area contributed by atoms with Gasteiger partial charge in [-0.05, 0) is 80.2 Å². The fourth-order valence-corrected chi connectivity index (χ4v) is 6.06. The Kier molecular flexibility index (Phi) is 8.88. The molecule has 228 valence electrons. The van der Waals surface area contributed by atoms with Gasteiger partial charge < -0.3 is 14.9 Å². The Balaban J connectivity index is 1.51. The van der Waals surface area contributed by atoms with Crippen LogP contribution in [0.3, 0.4) is 0 Å². The molecule has 7 nitrogen and oxygen atoms in total. The maximum atomic E-state index is 16.5. The smallest absolute Gasteiger partial charge is 0.133 e. The summed E-state index contributed by atoms with van der Waals surface area (Å²) in [5.41, 5.74) is 7.98. The number of nitrogens with zero attached hydrogens (tertiary/aromatic N) is 5. The quantitative estimate of drug-likeness (QED) is 0.310. The standard InChI is InChI=1S/C36H34ClFN6O/c1-42(2)16-17-43-18-20-44(21-19-43)27-12-15-30(32(38)22-27)34-31(23-39)29(24-8-13-28(45)14-9-24)4-3-5-33-35(34)36(41-40-33)25-6-10-26(37)11-7-25/h3,6-15,22,40,45H,4,16-21H2,1-2H3. The summed E-state index contributed by atoms with van der Waals surface area (Å²) in [7, 11) is 4.16.